The molecule has 0 fully saturated rings. The van der Waals surface area contributed by atoms with Crippen molar-refractivity contribution in [3.8, 4) is 0 Å². The first-order valence-electron chi connectivity index (χ1n) is 4.36. The molecule has 0 rings (SSSR count). The Bertz CT molecular complexity index is 141. The van der Waals surface area contributed by atoms with E-state index in [4.69, 9.17) is 4.74 Å². The highest BCUT2D eigenvalue weighted by molar-refractivity contribution is 4.68. The van der Waals surface area contributed by atoms with E-state index in [9.17, 15) is 8.78 Å². The fourth-order valence-electron chi connectivity index (χ4n) is 0.615. The summed E-state index contributed by atoms with van der Waals surface area (Å²) in [7, 11) is 0. The second-order valence-electron chi connectivity index (χ2n) is 3.89. The first kappa shape index (κ1) is 12.8. The van der Waals surface area contributed by atoms with Gasteiger partial charge >= 0.3 is 0 Å². The van der Waals surface area contributed by atoms with Crippen molar-refractivity contribution >= 4 is 0 Å². The lowest BCUT2D eigenvalue weighted by Crippen LogP contribution is -2.34. The molecule has 0 saturated heterocycles. The Morgan fingerprint density at radius 1 is 1.08 bits per heavy atom. The lowest BCUT2D eigenvalue weighted by Gasteiger charge is -2.24. The molecule has 0 aliphatic heterocycles. The molecule has 0 atom stereocenters. The van der Waals surface area contributed by atoms with Crippen molar-refractivity contribution in [3.05, 3.63) is 0 Å². The van der Waals surface area contributed by atoms with E-state index in [0.29, 0.717) is 6.61 Å². The van der Waals surface area contributed by atoms with Crippen molar-refractivity contribution in [1.82, 2.24) is 0 Å². The largest absolute Gasteiger partial charge is 0.375 e. The van der Waals surface area contributed by atoms with E-state index in [2.05, 4.69) is 4.74 Å². The molecule has 80 valence electrons. The van der Waals surface area contributed by atoms with Gasteiger partial charge < -0.3 is 9.47 Å². The summed E-state index contributed by atoms with van der Waals surface area (Å²) >= 11 is 0. The maximum atomic E-state index is 12.9. The highest BCUT2D eigenvalue weighted by Crippen LogP contribution is 2.18. The SMILES string of the molecule is CCOCC(F)(F)COC(C)(C)C. The smallest absolute Gasteiger partial charge is 0.293 e. The van der Waals surface area contributed by atoms with E-state index in [-0.39, 0.29) is 0 Å². The van der Waals surface area contributed by atoms with Crippen LogP contribution >= 0.6 is 0 Å². The van der Waals surface area contributed by atoms with Gasteiger partial charge in [0.1, 0.15) is 13.2 Å². The average molecular weight is 196 g/mol. The number of alkyl halides is 2. The van der Waals surface area contributed by atoms with Crippen LogP contribution in [0.3, 0.4) is 0 Å². The number of rotatable bonds is 5. The van der Waals surface area contributed by atoms with Crippen molar-refractivity contribution in [2.24, 2.45) is 0 Å². The van der Waals surface area contributed by atoms with Crippen molar-refractivity contribution in [1.29, 1.82) is 0 Å². The third-order valence-corrected chi connectivity index (χ3v) is 1.23. The van der Waals surface area contributed by atoms with Crippen LogP contribution in [0.25, 0.3) is 0 Å². The fourth-order valence-corrected chi connectivity index (χ4v) is 0.615. The second kappa shape index (κ2) is 4.86. The minimum Gasteiger partial charge on any atom is -0.375 e. The molecule has 0 bridgehead atoms. The Balaban J connectivity index is 3.75. The summed E-state index contributed by atoms with van der Waals surface area (Å²) in [5.74, 6) is -2.89. The van der Waals surface area contributed by atoms with E-state index >= 15 is 0 Å². The minimum absolute atomic E-state index is 0.297. The number of hydrogen-bond acceptors (Lipinski definition) is 2. The molecule has 0 spiro atoms. The molecule has 0 amide bonds. The van der Waals surface area contributed by atoms with Gasteiger partial charge in [-0.15, -0.1) is 0 Å². The molecule has 0 saturated carbocycles. The summed E-state index contributed by atoms with van der Waals surface area (Å²) in [6.07, 6.45) is 0. The lowest BCUT2D eigenvalue weighted by atomic mass is 10.2. The van der Waals surface area contributed by atoms with Crippen molar-refractivity contribution < 1.29 is 18.3 Å². The van der Waals surface area contributed by atoms with Crippen LogP contribution in [0.2, 0.25) is 0 Å². The minimum atomic E-state index is -2.89. The van der Waals surface area contributed by atoms with Gasteiger partial charge in [-0.05, 0) is 27.7 Å². The van der Waals surface area contributed by atoms with Gasteiger partial charge in [0.2, 0.25) is 0 Å². The van der Waals surface area contributed by atoms with Crippen molar-refractivity contribution in [2.45, 2.75) is 39.2 Å². The topological polar surface area (TPSA) is 18.5 Å². The van der Waals surface area contributed by atoms with Crippen LogP contribution in [-0.4, -0.2) is 31.3 Å². The molecule has 0 aromatic carbocycles. The van der Waals surface area contributed by atoms with Gasteiger partial charge in [0.15, 0.2) is 0 Å². The molecule has 2 nitrogen and oxygen atoms in total. The van der Waals surface area contributed by atoms with Crippen LogP contribution < -0.4 is 0 Å². The first-order valence-corrected chi connectivity index (χ1v) is 4.36. The molecule has 0 heterocycles. The predicted molar refractivity (Wildman–Crippen MR) is 47.1 cm³/mol. The maximum Gasteiger partial charge on any atom is 0.293 e. The Hall–Kier alpha value is -0.220. The summed E-state index contributed by atoms with van der Waals surface area (Å²) in [4.78, 5) is 0. The van der Waals surface area contributed by atoms with Gasteiger partial charge in [-0.3, -0.25) is 0 Å². The van der Waals surface area contributed by atoms with E-state index in [1.54, 1.807) is 27.7 Å². The monoisotopic (exact) mass is 196 g/mol. The third kappa shape index (κ3) is 8.12. The molecule has 0 aromatic heterocycles. The van der Waals surface area contributed by atoms with Gasteiger partial charge in [0.05, 0.1) is 5.60 Å². The number of hydrogen-bond donors (Lipinski definition) is 0. The Morgan fingerprint density at radius 3 is 2.00 bits per heavy atom. The summed E-state index contributed by atoms with van der Waals surface area (Å²) in [6, 6.07) is 0. The first-order chi connectivity index (χ1) is 5.77. The van der Waals surface area contributed by atoms with Gasteiger partial charge in [-0.2, -0.15) is 0 Å². The lowest BCUT2D eigenvalue weighted by molar-refractivity contribution is -0.151. The van der Waals surface area contributed by atoms with Crippen LogP contribution in [0.4, 0.5) is 8.78 Å². The van der Waals surface area contributed by atoms with Gasteiger partial charge in [-0.25, -0.2) is 8.78 Å². The van der Waals surface area contributed by atoms with Crippen LogP contribution in [-0.2, 0) is 9.47 Å². The molecule has 0 aliphatic carbocycles. The van der Waals surface area contributed by atoms with Gasteiger partial charge in [0, 0.05) is 6.61 Å². The molecule has 0 aliphatic rings. The Labute approximate surface area is 78.2 Å². The van der Waals surface area contributed by atoms with Crippen LogP contribution in [0.5, 0.6) is 0 Å². The standard InChI is InChI=1S/C9H18F2O2/c1-5-12-6-9(10,11)7-13-8(2,3)4/h5-7H2,1-4H3. The Kier molecular flexibility index (Phi) is 4.78. The predicted octanol–water partition coefficient (Wildman–Crippen LogP) is 2.47. The van der Waals surface area contributed by atoms with E-state index < -0.39 is 24.7 Å². The number of halogens is 2. The van der Waals surface area contributed by atoms with E-state index in [0.717, 1.165) is 0 Å². The molecule has 4 heteroatoms. The molecule has 13 heavy (non-hydrogen) atoms. The zero-order valence-corrected chi connectivity index (χ0v) is 8.69. The van der Waals surface area contributed by atoms with Crippen LogP contribution in [0.15, 0.2) is 0 Å². The normalized spacial score (nSPS) is 13.4. The summed E-state index contributed by atoms with van der Waals surface area (Å²) in [6.45, 7) is 6.04. The van der Waals surface area contributed by atoms with Crippen LogP contribution in [0.1, 0.15) is 27.7 Å². The summed E-state index contributed by atoms with van der Waals surface area (Å²) < 4.78 is 35.4. The quantitative estimate of drug-likeness (QED) is 0.672. The van der Waals surface area contributed by atoms with Crippen LogP contribution in [0, 0.1) is 0 Å². The highest BCUT2D eigenvalue weighted by Gasteiger charge is 2.31. The molecular weight excluding hydrogens is 178 g/mol. The van der Waals surface area contributed by atoms with Gasteiger partial charge in [0.25, 0.3) is 5.92 Å². The fraction of sp³-hybridized carbons (Fsp3) is 1.00. The molecule has 0 radical (unpaired) electrons. The summed E-state index contributed by atoms with van der Waals surface area (Å²) in [5.41, 5.74) is -0.532. The zero-order valence-electron chi connectivity index (χ0n) is 8.69. The van der Waals surface area contributed by atoms with Crippen molar-refractivity contribution in [2.75, 3.05) is 19.8 Å². The van der Waals surface area contributed by atoms with Crippen molar-refractivity contribution in [3.63, 3.8) is 0 Å². The van der Waals surface area contributed by atoms with Gasteiger partial charge in [-0.1, -0.05) is 0 Å². The number of ether oxygens (including phenoxy) is 2. The highest BCUT2D eigenvalue weighted by atomic mass is 19.3. The maximum absolute atomic E-state index is 12.9. The molecule has 0 unspecified atom stereocenters. The molecular formula is C9H18F2O2. The van der Waals surface area contributed by atoms with E-state index in [1.807, 2.05) is 0 Å². The Morgan fingerprint density at radius 2 is 1.62 bits per heavy atom. The zero-order chi connectivity index (χ0) is 10.5. The average Bonchev–Trinajstić information content (AvgIpc) is 1.97. The van der Waals surface area contributed by atoms with E-state index in [1.165, 1.54) is 0 Å². The molecule has 0 aromatic rings. The molecule has 0 N–H and O–H groups in total. The second-order valence-corrected chi connectivity index (χ2v) is 3.89. The summed E-state index contributed by atoms with van der Waals surface area (Å²) in [5, 5.41) is 0. The third-order valence-electron chi connectivity index (χ3n) is 1.23.